The van der Waals surface area contributed by atoms with E-state index < -0.39 is 16.0 Å². The van der Waals surface area contributed by atoms with Crippen molar-refractivity contribution in [3.05, 3.63) is 29.8 Å². The number of aliphatic hydroxyl groups is 1. The molecule has 0 aliphatic carbocycles. The molecule has 1 saturated heterocycles. The second kappa shape index (κ2) is 5.90. The summed E-state index contributed by atoms with van der Waals surface area (Å²) in [6.45, 7) is 0.186. The number of sulfonamides is 1. The number of ether oxygens (including phenoxy) is 1. The van der Waals surface area contributed by atoms with Gasteiger partial charge in [-0.3, -0.25) is 0 Å². The molecule has 1 atom stereocenters. The number of aliphatic hydroxyl groups excluding tert-OH is 1. The summed E-state index contributed by atoms with van der Waals surface area (Å²) in [7, 11) is -2.46. The molecule has 1 aromatic rings. The number of benzene rings is 1. The molecule has 1 heterocycles. The van der Waals surface area contributed by atoms with Crippen molar-refractivity contribution in [2.75, 3.05) is 20.3 Å². The van der Waals surface area contributed by atoms with Crippen molar-refractivity contribution in [1.82, 2.24) is 4.31 Å². The molecule has 1 aromatic carbocycles. The predicted molar refractivity (Wildman–Crippen MR) is 71.8 cm³/mol. The summed E-state index contributed by atoms with van der Waals surface area (Å²) in [5.41, 5.74) is 0.188. The molecule has 1 aliphatic heterocycles. The zero-order valence-corrected chi connectivity index (χ0v) is 12.0. The molecule has 0 unspecified atom stereocenters. The van der Waals surface area contributed by atoms with Gasteiger partial charge >= 0.3 is 5.97 Å². The normalized spacial score (nSPS) is 20.0. The lowest BCUT2D eigenvalue weighted by atomic mass is 10.2. The first-order valence-electron chi connectivity index (χ1n) is 6.32. The molecule has 0 bridgehead atoms. The number of methoxy groups -OCH3 is 1. The van der Waals surface area contributed by atoms with E-state index in [2.05, 4.69) is 4.74 Å². The van der Waals surface area contributed by atoms with E-state index in [1.54, 1.807) is 0 Å². The fraction of sp³-hybridized carbons (Fsp3) is 0.462. The third kappa shape index (κ3) is 2.70. The highest BCUT2D eigenvalue weighted by atomic mass is 32.2. The fourth-order valence-electron chi connectivity index (χ4n) is 2.34. The highest BCUT2D eigenvalue weighted by Crippen LogP contribution is 2.26. The third-order valence-corrected chi connectivity index (χ3v) is 5.34. The van der Waals surface area contributed by atoms with Gasteiger partial charge in [0, 0.05) is 12.6 Å². The number of carbonyl (C=O) groups excluding carboxylic acids is 1. The summed E-state index contributed by atoms with van der Waals surface area (Å²) in [6, 6.07) is 5.35. The van der Waals surface area contributed by atoms with E-state index in [1.807, 2.05) is 0 Å². The molecular formula is C13H17NO5S. The molecule has 110 valence electrons. The van der Waals surface area contributed by atoms with Gasteiger partial charge in [-0.2, -0.15) is 4.31 Å². The molecule has 2 rings (SSSR count). The molecule has 0 spiro atoms. The van der Waals surface area contributed by atoms with Crippen LogP contribution in [0.2, 0.25) is 0 Å². The van der Waals surface area contributed by atoms with E-state index in [4.69, 9.17) is 0 Å². The van der Waals surface area contributed by atoms with Crippen LogP contribution >= 0.6 is 0 Å². The van der Waals surface area contributed by atoms with Gasteiger partial charge in [-0.15, -0.1) is 0 Å². The van der Waals surface area contributed by atoms with Crippen molar-refractivity contribution >= 4 is 16.0 Å². The Bertz CT molecular complexity index is 599. The van der Waals surface area contributed by atoms with Gasteiger partial charge in [0.25, 0.3) is 0 Å². The van der Waals surface area contributed by atoms with Crippen LogP contribution < -0.4 is 0 Å². The fourth-order valence-corrected chi connectivity index (χ4v) is 4.08. The Labute approximate surface area is 118 Å². The van der Waals surface area contributed by atoms with Gasteiger partial charge in [0.2, 0.25) is 10.0 Å². The standard InChI is InChI=1S/C13H17NO5S/c1-19-13(16)10-4-2-6-12(8-10)20(17,18)14-7-3-5-11(14)9-15/h2,4,6,8,11,15H,3,5,7,9H2,1H3/t11-/m1/s1. The van der Waals surface area contributed by atoms with Crippen LogP contribution in [0, 0.1) is 0 Å². The lowest BCUT2D eigenvalue weighted by Gasteiger charge is -2.22. The average Bonchev–Trinajstić information content (AvgIpc) is 2.95. The van der Waals surface area contributed by atoms with Crippen LogP contribution in [0.15, 0.2) is 29.2 Å². The van der Waals surface area contributed by atoms with Gasteiger partial charge < -0.3 is 9.84 Å². The highest BCUT2D eigenvalue weighted by Gasteiger charge is 2.35. The van der Waals surface area contributed by atoms with Crippen molar-refractivity contribution in [1.29, 1.82) is 0 Å². The van der Waals surface area contributed by atoms with Gasteiger partial charge in [0.05, 0.1) is 24.2 Å². The zero-order chi connectivity index (χ0) is 14.8. The Morgan fingerprint density at radius 1 is 1.50 bits per heavy atom. The summed E-state index contributed by atoms with van der Waals surface area (Å²) in [5.74, 6) is -0.581. The van der Waals surface area contributed by atoms with Crippen molar-refractivity contribution in [2.24, 2.45) is 0 Å². The monoisotopic (exact) mass is 299 g/mol. The van der Waals surface area contributed by atoms with E-state index in [0.29, 0.717) is 13.0 Å². The number of hydrogen-bond acceptors (Lipinski definition) is 5. The van der Waals surface area contributed by atoms with Crippen molar-refractivity contribution in [3.63, 3.8) is 0 Å². The molecule has 7 heteroatoms. The zero-order valence-electron chi connectivity index (χ0n) is 11.2. The smallest absolute Gasteiger partial charge is 0.337 e. The maximum Gasteiger partial charge on any atom is 0.337 e. The lowest BCUT2D eigenvalue weighted by Crippen LogP contribution is -2.37. The topological polar surface area (TPSA) is 83.9 Å². The summed E-state index contributed by atoms with van der Waals surface area (Å²) in [6.07, 6.45) is 1.37. The molecule has 6 nitrogen and oxygen atoms in total. The van der Waals surface area contributed by atoms with Gasteiger partial charge in [0.1, 0.15) is 0 Å². The summed E-state index contributed by atoms with van der Waals surface area (Å²) in [5, 5.41) is 9.25. The average molecular weight is 299 g/mol. The van der Waals surface area contributed by atoms with Gasteiger partial charge in [0.15, 0.2) is 0 Å². The van der Waals surface area contributed by atoms with Gasteiger partial charge in [-0.1, -0.05) is 6.07 Å². The minimum absolute atomic E-state index is 0.0424. The predicted octanol–water partition coefficient (Wildman–Crippen LogP) is 0.619. The van der Waals surface area contributed by atoms with Gasteiger partial charge in [-0.25, -0.2) is 13.2 Å². The summed E-state index contributed by atoms with van der Waals surface area (Å²) >= 11 is 0. The first-order valence-corrected chi connectivity index (χ1v) is 7.76. The molecule has 0 saturated carbocycles. The molecule has 1 N–H and O–H groups in total. The maximum absolute atomic E-state index is 12.5. The highest BCUT2D eigenvalue weighted by molar-refractivity contribution is 7.89. The molecule has 0 radical (unpaired) electrons. The van der Waals surface area contributed by atoms with E-state index in [-0.39, 0.29) is 23.1 Å². The van der Waals surface area contributed by atoms with Crippen LogP contribution in [-0.2, 0) is 14.8 Å². The molecular weight excluding hydrogens is 282 g/mol. The van der Waals surface area contributed by atoms with E-state index in [9.17, 15) is 18.3 Å². The summed E-state index contributed by atoms with van der Waals surface area (Å²) in [4.78, 5) is 11.5. The van der Waals surface area contributed by atoms with E-state index in [0.717, 1.165) is 6.42 Å². The number of rotatable bonds is 4. The second-order valence-electron chi connectivity index (χ2n) is 4.61. The largest absolute Gasteiger partial charge is 0.465 e. The van der Waals surface area contributed by atoms with E-state index in [1.165, 1.54) is 35.7 Å². The van der Waals surface area contributed by atoms with Gasteiger partial charge in [-0.05, 0) is 31.0 Å². The quantitative estimate of drug-likeness (QED) is 0.824. The minimum atomic E-state index is -3.70. The number of esters is 1. The lowest BCUT2D eigenvalue weighted by molar-refractivity contribution is 0.0600. The Morgan fingerprint density at radius 2 is 2.25 bits per heavy atom. The van der Waals surface area contributed by atoms with Crippen LogP contribution in [-0.4, -0.2) is 50.1 Å². The SMILES string of the molecule is COC(=O)c1cccc(S(=O)(=O)N2CCC[C@@H]2CO)c1. The Hall–Kier alpha value is -1.44. The van der Waals surface area contributed by atoms with Crippen LogP contribution in [0.5, 0.6) is 0 Å². The third-order valence-electron chi connectivity index (χ3n) is 3.40. The van der Waals surface area contributed by atoms with Crippen LogP contribution in [0.25, 0.3) is 0 Å². The molecule has 0 amide bonds. The second-order valence-corrected chi connectivity index (χ2v) is 6.50. The van der Waals surface area contributed by atoms with Crippen LogP contribution in [0.3, 0.4) is 0 Å². The summed E-state index contributed by atoms with van der Waals surface area (Å²) < 4.78 is 30.9. The number of carbonyl (C=O) groups is 1. The van der Waals surface area contributed by atoms with E-state index >= 15 is 0 Å². The van der Waals surface area contributed by atoms with Crippen molar-refractivity contribution in [3.8, 4) is 0 Å². The van der Waals surface area contributed by atoms with Crippen LogP contribution in [0.4, 0.5) is 0 Å². The molecule has 0 aromatic heterocycles. The Balaban J connectivity index is 2.37. The molecule has 1 aliphatic rings. The number of hydrogen-bond donors (Lipinski definition) is 1. The Kier molecular flexibility index (Phi) is 4.42. The van der Waals surface area contributed by atoms with Crippen LogP contribution in [0.1, 0.15) is 23.2 Å². The maximum atomic E-state index is 12.5. The first-order chi connectivity index (χ1) is 9.50. The van der Waals surface area contributed by atoms with Crippen molar-refractivity contribution < 1.29 is 23.1 Å². The first kappa shape index (κ1) is 15.0. The Morgan fingerprint density at radius 3 is 2.90 bits per heavy atom. The number of nitrogens with zero attached hydrogens (tertiary/aromatic N) is 1. The molecule has 1 fully saturated rings. The minimum Gasteiger partial charge on any atom is -0.465 e. The molecule has 20 heavy (non-hydrogen) atoms. The van der Waals surface area contributed by atoms with Crippen molar-refractivity contribution in [2.45, 2.75) is 23.8 Å².